The molecule has 1 N–H and O–H groups in total. The molecule has 1 saturated heterocycles. The highest BCUT2D eigenvalue weighted by molar-refractivity contribution is 7.17. The van der Waals surface area contributed by atoms with Crippen LogP contribution in [-0.4, -0.2) is 60.6 Å². The number of Topliss-reactive ketones (excluding diaryl/α,β-unsaturated/α-hetero) is 1. The normalized spacial score (nSPS) is 17.3. The van der Waals surface area contributed by atoms with Gasteiger partial charge in [-0.3, -0.25) is 14.5 Å². The monoisotopic (exact) mass is 576 g/mol. The Bertz CT molecular complexity index is 1610. The lowest BCUT2D eigenvalue weighted by Gasteiger charge is -2.23. The Labute approximate surface area is 238 Å². The first-order valence-electron chi connectivity index (χ1n) is 12.4. The number of carbonyl (C=O) groups is 4. The quantitative estimate of drug-likeness (QED) is 0.144. The van der Waals surface area contributed by atoms with Crippen LogP contribution in [0.1, 0.15) is 42.9 Å². The van der Waals surface area contributed by atoms with Crippen molar-refractivity contribution in [2.75, 3.05) is 31.8 Å². The van der Waals surface area contributed by atoms with Crippen molar-refractivity contribution in [1.82, 2.24) is 4.98 Å². The van der Waals surface area contributed by atoms with Gasteiger partial charge in [-0.15, -0.1) is 0 Å². The summed E-state index contributed by atoms with van der Waals surface area (Å²) in [6.45, 7) is 5.78. The number of amides is 1. The van der Waals surface area contributed by atoms with Crippen LogP contribution in [0.3, 0.4) is 0 Å². The van der Waals surface area contributed by atoms with E-state index in [1.807, 2.05) is 0 Å². The highest BCUT2D eigenvalue weighted by Gasteiger charge is 2.48. The molecule has 1 amide bonds. The van der Waals surface area contributed by atoms with E-state index in [-0.39, 0.29) is 33.3 Å². The summed E-state index contributed by atoms with van der Waals surface area (Å²) >= 11 is 0.877. The molecule has 2 aliphatic heterocycles. The van der Waals surface area contributed by atoms with Crippen molar-refractivity contribution in [2.45, 2.75) is 13.0 Å². The molecule has 12 heteroatoms. The summed E-state index contributed by atoms with van der Waals surface area (Å²) in [4.78, 5) is 57.3. The van der Waals surface area contributed by atoms with Crippen LogP contribution < -0.4 is 14.4 Å². The number of hydrogen-bond donors (Lipinski definition) is 1. The number of carbonyl (C=O) groups excluding carboxylic acids is 4. The Kier molecular flexibility index (Phi) is 7.58. The van der Waals surface area contributed by atoms with Crippen molar-refractivity contribution in [3.63, 3.8) is 0 Å². The smallest absolute Gasteiger partial charge is 0.350 e. The maximum Gasteiger partial charge on any atom is 0.350 e. The number of esters is 2. The lowest BCUT2D eigenvalue weighted by Crippen LogP contribution is -2.29. The maximum absolute atomic E-state index is 13.5. The first-order valence-corrected chi connectivity index (χ1v) is 13.2. The Morgan fingerprint density at radius 3 is 2.46 bits per heavy atom. The molecule has 0 bridgehead atoms. The molecule has 2 aliphatic rings. The van der Waals surface area contributed by atoms with E-state index in [1.54, 1.807) is 31.2 Å². The van der Waals surface area contributed by atoms with Gasteiger partial charge in [-0.05, 0) is 42.8 Å². The summed E-state index contributed by atoms with van der Waals surface area (Å²) in [6.07, 6.45) is 1.42. The van der Waals surface area contributed by atoms with Gasteiger partial charge in [0, 0.05) is 5.56 Å². The minimum absolute atomic E-state index is 0.0158. The fourth-order valence-electron chi connectivity index (χ4n) is 4.49. The number of anilines is 1. The standard InChI is InChI=1S/C29H24N2O9S/c1-4-11-40-28(36)25-15(2)30-29(41-25)31-22(16-5-7-17(8-6-16)27(35)37-3)21(24(33)26(31)34)23(32)18-9-10-19-20(14-18)39-13-12-38-19/h4-10,14,22,32H,1,11-13H2,2-3H3/t22-/m1/s1. The van der Waals surface area contributed by atoms with Gasteiger partial charge < -0.3 is 24.1 Å². The third kappa shape index (κ3) is 5.05. The number of aromatic nitrogens is 1. The highest BCUT2D eigenvalue weighted by Crippen LogP contribution is 2.44. The third-order valence-corrected chi connectivity index (χ3v) is 7.55. The first-order chi connectivity index (χ1) is 19.7. The first kappa shape index (κ1) is 27.6. The van der Waals surface area contributed by atoms with Gasteiger partial charge in [-0.1, -0.05) is 36.1 Å². The predicted molar refractivity (Wildman–Crippen MR) is 147 cm³/mol. The van der Waals surface area contributed by atoms with Gasteiger partial charge in [-0.25, -0.2) is 14.6 Å². The Morgan fingerprint density at radius 2 is 1.78 bits per heavy atom. The van der Waals surface area contributed by atoms with E-state index >= 15 is 0 Å². The van der Waals surface area contributed by atoms with Crippen LogP contribution in [-0.2, 0) is 19.1 Å². The second kappa shape index (κ2) is 11.3. The molecule has 0 unspecified atom stereocenters. The minimum atomic E-state index is -1.14. The summed E-state index contributed by atoms with van der Waals surface area (Å²) in [6, 6.07) is 9.60. The highest BCUT2D eigenvalue weighted by atomic mass is 32.1. The average molecular weight is 577 g/mol. The van der Waals surface area contributed by atoms with Crippen molar-refractivity contribution >= 4 is 45.9 Å². The molecule has 0 saturated carbocycles. The van der Waals surface area contributed by atoms with E-state index in [1.165, 1.54) is 31.4 Å². The Morgan fingerprint density at radius 1 is 1.10 bits per heavy atom. The number of methoxy groups -OCH3 is 1. The van der Waals surface area contributed by atoms with Crippen molar-refractivity contribution in [3.8, 4) is 11.5 Å². The van der Waals surface area contributed by atoms with Crippen LogP contribution in [0.25, 0.3) is 5.76 Å². The molecule has 5 rings (SSSR count). The van der Waals surface area contributed by atoms with Crippen LogP contribution in [0.15, 0.2) is 60.7 Å². The summed E-state index contributed by atoms with van der Waals surface area (Å²) < 4.78 is 21.1. The second-order valence-electron chi connectivity index (χ2n) is 8.94. The summed E-state index contributed by atoms with van der Waals surface area (Å²) in [7, 11) is 1.25. The number of aliphatic hydroxyl groups excluding tert-OH is 1. The van der Waals surface area contributed by atoms with Crippen LogP contribution in [0.5, 0.6) is 11.5 Å². The molecule has 11 nitrogen and oxygen atoms in total. The molecular weight excluding hydrogens is 552 g/mol. The van der Waals surface area contributed by atoms with E-state index in [0.717, 1.165) is 16.2 Å². The Hall–Kier alpha value is -4.97. The molecule has 41 heavy (non-hydrogen) atoms. The number of nitrogens with zero attached hydrogens (tertiary/aromatic N) is 2. The fourth-order valence-corrected chi connectivity index (χ4v) is 5.47. The van der Waals surface area contributed by atoms with E-state index in [0.29, 0.717) is 36.0 Å². The van der Waals surface area contributed by atoms with Gasteiger partial charge >= 0.3 is 17.8 Å². The SMILES string of the molecule is C=CCOC(=O)c1sc(N2C(=O)C(=O)C(=C(O)c3ccc4c(c3)OCCO4)[C@H]2c2ccc(C(=O)OC)cc2)nc1C. The topological polar surface area (TPSA) is 142 Å². The zero-order valence-corrected chi connectivity index (χ0v) is 22.9. The lowest BCUT2D eigenvalue weighted by molar-refractivity contribution is -0.132. The maximum atomic E-state index is 13.5. The number of benzene rings is 2. The second-order valence-corrected chi connectivity index (χ2v) is 9.92. The van der Waals surface area contributed by atoms with Gasteiger partial charge in [0.2, 0.25) is 0 Å². The number of aliphatic hydroxyl groups is 1. The molecule has 3 heterocycles. The summed E-state index contributed by atoms with van der Waals surface area (Å²) in [5.41, 5.74) is 0.970. The summed E-state index contributed by atoms with van der Waals surface area (Å²) in [5, 5.41) is 11.5. The molecule has 0 aliphatic carbocycles. The summed E-state index contributed by atoms with van der Waals surface area (Å²) in [5.74, 6) is -2.71. The van der Waals surface area contributed by atoms with Crippen molar-refractivity contribution in [3.05, 3.63) is 88.0 Å². The van der Waals surface area contributed by atoms with Gasteiger partial charge in [0.1, 0.15) is 30.5 Å². The number of ether oxygens (including phenoxy) is 4. The molecule has 1 fully saturated rings. The van der Waals surface area contributed by atoms with E-state index in [2.05, 4.69) is 11.6 Å². The van der Waals surface area contributed by atoms with Crippen LogP contribution in [0, 0.1) is 6.92 Å². The number of ketones is 1. The van der Waals surface area contributed by atoms with Gasteiger partial charge in [0.15, 0.2) is 16.6 Å². The van der Waals surface area contributed by atoms with Gasteiger partial charge in [0.05, 0.1) is 30.0 Å². The molecule has 2 aromatic carbocycles. The van der Waals surface area contributed by atoms with Gasteiger partial charge in [0.25, 0.3) is 5.78 Å². The van der Waals surface area contributed by atoms with Crippen LogP contribution >= 0.6 is 11.3 Å². The largest absolute Gasteiger partial charge is 0.507 e. The van der Waals surface area contributed by atoms with Crippen molar-refractivity contribution in [1.29, 1.82) is 0 Å². The molecule has 3 aromatic rings. The van der Waals surface area contributed by atoms with Crippen LogP contribution in [0.4, 0.5) is 5.13 Å². The number of fused-ring (bicyclic) bond motifs is 1. The molecule has 0 radical (unpaired) electrons. The van der Waals surface area contributed by atoms with E-state index in [9.17, 15) is 24.3 Å². The van der Waals surface area contributed by atoms with Gasteiger partial charge in [-0.2, -0.15) is 0 Å². The fraction of sp³-hybridized carbons (Fsp3) is 0.207. The zero-order chi connectivity index (χ0) is 29.3. The molecule has 0 spiro atoms. The lowest BCUT2D eigenvalue weighted by atomic mass is 9.94. The average Bonchev–Trinajstić information content (AvgIpc) is 3.50. The van der Waals surface area contributed by atoms with Crippen molar-refractivity contribution < 1.29 is 43.2 Å². The third-order valence-electron chi connectivity index (χ3n) is 6.42. The molecule has 210 valence electrons. The number of hydrogen-bond acceptors (Lipinski definition) is 11. The molecule has 1 atom stereocenters. The number of aryl methyl sites for hydroxylation is 1. The number of thiazole rings is 1. The molecule has 1 aromatic heterocycles. The molecular formula is C29H24N2O9S. The van der Waals surface area contributed by atoms with E-state index < -0.39 is 35.4 Å². The zero-order valence-electron chi connectivity index (χ0n) is 22.0. The predicted octanol–water partition coefficient (Wildman–Crippen LogP) is 3.98. The Balaban J connectivity index is 1.65. The van der Waals surface area contributed by atoms with E-state index in [4.69, 9.17) is 18.9 Å². The van der Waals surface area contributed by atoms with Crippen molar-refractivity contribution in [2.24, 2.45) is 0 Å². The number of rotatable bonds is 7. The minimum Gasteiger partial charge on any atom is -0.507 e. The van der Waals surface area contributed by atoms with Crippen LogP contribution in [0.2, 0.25) is 0 Å².